The average molecular weight is 334 g/mol. The maximum atomic E-state index is 12.3. The lowest BCUT2D eigenvalue weighted by atomic mass is 10.1. The number of nitrogens with zero attached hydrogens (tertiary/aromatic N) is 3. The van der Waals surface area contributed by atoms with Crippen LogP contribution in [-0.2, 0) is 16.0 Å². The van der Waals surface area contributed by atoms with E-state index in [0.29, 0.717) is 6.42 Å². The molecule has 0 unspecified atom stereocenters. The molecule has 126 valence electrons. The second-order valence-corrected chi connectivity index (χ2v) is 6.13. The van der Waals surface area contributed by atoms with E-state index in [-0.39, 0.29) is 18.2 Å². The highest BCUT2D eigenvalue weighted by Gasteiger charge is 2.21. The first-order valence-electron chi connectivity index (χ1n) is 8.32. The summed E-state index contributed by atoms with van der Waals surface area (Å²) >= 11 is 0. The molecule has 0 radical (unpaired) electrons. The zero-order chi connectivity index (χ0) is 17.2. The molecule has 1 aliphatic rings. The Morgan fingerprint density at radius 2 is 1.92 bits per heavy atom. The summed E-state index contributed by atoms with van der Waals surface area (Å²) in [5.41, 5.74) is 6.33. The normalized spacial score (nSPS) is 14.2. The second kappa shape index (κ2) is 6.39. The maximum Gasteiger partial charge on any atom is 0.243 e. The van der Waals surface area contributed by atoms with E-state index in [0.717, 1.165) is 35.2 Å². The molecule has 2 heterocycles. The number of carbonyl (C=O) groups is 2. The molecule has 1 N–H and O–H groups in total. The number of imidazole rings is 1. The third-order valence-electron chi connectivity index (χ3n) is 4.38. The summed E-state index contributed by atoms with van der Waals surface area (Å²) in [6.07, 6.45) is 3.39. The van der Waals surface area contributed by atoms with Crippen LogP contribution in [-0.4, -0.2) is 28.0 Å². The molecule has 1 fully saturated rings. The first kappa shape index (κ1) is 15.4. The lowest BCUT2D eigenvalue weighted by molar-refractivity contribution is -0.117. The topological polar surface area (TPSA) is 67.2 Å². The maximum absolute atomic E-state index is 12.3. The van der Waals surface area contributed by atoms with Gasteiger partial charge in [-0.15, -0.1) is 0 Å². The summed E-state index contributed by atoms with van der Waals surface area (Å²) in [5, 5.41) is 0. The minimum Gasteiger partial charge on any atom is -0.312 e. The van der Waals surface area contributed by atoms with E-state index in [1.807, 2.05) is 48.5 Å². The zero-order valence-corrected chi connectivity index (χ0v) is 13.7. The molecular formula is C19H18N4O2. The van der Waals surface area contributed by atoms with Gasteiger partial charge in [-0.25, -0.2) is 9.66 Å². The molecule has 6 nitrogen and oxygen atoms in total. The fourth-order valence-electron chi connectivity index (χ4n) is 3.12. The number of hydrogen-bond donors (Lipinski definition) is 1. The number of amides is 2. The minimum absolute atomic E-state index is 0.117. The second-order valence-electron chi connectivity index (χ2n) is 6.13. The molecule has 3 aromatic rings. The number of fused-ring (bicyclic) bond motifs is 1. The number of nitrogens with one attached hydrogen (secondary N) is 1. The van der Waals surface area contributed by atoms with Gasteiger partial charge in [0.15, 0.2) is 0 Å². The van der Waals surface area contributed by atoms with Gasteiger partial charge < -0.3 is 4.90 Å². The molecule has 4 rings (SSSR count). The van der Waals surface area contributed by atoms with Gasteiger partial charge in [-0.05, 0) is 36.2 Å². The molecule has 2 amide bonds. The molecule has 6 heteroatoms. The molecular weight excluding hydrogens is 316 g/mol. The van der Waals surface area contributed by atoms with Gasteiger partial charge in [-0.2, -0.15) is 0 Å². The smallest absolute Gasteiger partial charge is 0.243 e. The van der Waals surface area contributed by atoms with Crippen LogP contribution >= 0.6 is 0 Å². The van der Waals surface area contributed by atoms with Crippen molar-refractivity contribution in [3.05, 3.63) is 60.4 Å². The summed E-state index contributed by atoms with van der Waals surface area (Å²) in [5.74, 6) is 0.0469. The molecule has 2 aromatic carbocycles. The summed E-state index contributed by atoms with van der Waals surface area (Å²) < 4.78 is 1.63. The number of para-hydroxylation sites is 2. The van der Waals surface area contributed by atoms with Crippen LogP contribution in [0, 0.1) is 0 Å². The molecule has 1 aromatic heterocycles. The van der Waals surface area contributed by atoms with Gasteiger partial charge in [-0.3, -0.25) is 15.0 Å². The largest absolute Gasteiger partial charge is 0.312 e. The fourth-order valence-corrected chi connectivity index (χ4v) is 3.12. The van der Waals surface area contributed by atoms with E-state index in [4.69, 9.17) is 0 Å². The Labute approximate surface area is 145 Å². The van der Waals surface area contributed by atoms with Crippen molar-refractivity contribution in [2.45, 2.75) is 19.3 Å². The quantitative estimate of drug-likeness (QED) is 0.797. The Hall–Kier alpha value is -3.15. The first-order chi connectivity index (χ1) is 12.2. The Kier molecular flexibility index (Phi) is 3.93. The molecule has 25 heavy (non-hydrogen) atoms. The summed E-state index contributed by atoms with van der Waals surface area (Å²) in [6.45, 7) is 0.770. The third kappa shape index (κ3) is 3.10. The highest BCUT2D eigenvalue weighted by atomic mass is 16.2. The van der Waals surface area contributed by atoms with Crippen LogP contribution in [0.25, 0.3) is 11.0 Å². The van der Waals surface area contributed by atoms with E-state index in [1.165, 1.54) is 0 Å². The van der Waals surface area contributed by atoms with Crippen molar-refractivity contribution in [1.82, 2.24) is 9.66 Å². The van der Waals surface area contributed by atoms with Crippen molar-refractivity contribution >= 4 is 28.5 Å². The number of carbonyl (C=O) groups excluding carboxylic acids is 2. The van der Waals surface area contributed by atoms with Gasteiger partial charge in [0.05, 0.1) is 17.5 Å². The van der Waals surface area contributed by atoms with E-state index in [9.17, 15) is 9.59 Å². The number of anilines is 1. The van der Waals surface area contributed by atoms with Gasteiger partial charge >= 0.3 is 0 Å². The average Bonchev–Trinajstić information content (AvgIpc) is 3.22. The van der Waals surface area contributed by atoms with Crippen LogP contribution in [0.4, 0.5) is 5.69 Å². The van der Waals surface area contributed by atoms with Gasteiger partial charge in [0.2, 0.25) is 11.8 Å². The molecule has 0 bridgehead atoms. The number of rotatable bonds is 4. The SMILES string of the molecule is O=C(Cc1ccc(N2CCCC2=O)cc1)Nn1cnc2ccccc21. The molecule has 0 aliphatic carbocycles. The van der Waals surface area contributed by atoms with Crippen LogP contribution in [0.2, 0.25) is 0 Å². The Balaban J connectivity index is 1.43. The van der Waals surface area contributed by atoms with Gasteiger partial charge in [0.25, 0.3) is 0 Å². The van der Waals surface area contributed by atoms with Crippen molar-refractivity contribution in [2.24, 2.45) is 0 Å². The predicted octanol–water partition coefficient (Wildman–Crippen LogP) is 2.48. The number of hydrogen-bond acceptors (Lipinski definition) is 3. The lowest BCUT2D eigenvalue weighted by Crippen LogP contribution is -2.24. The summed E-state index contributed by atoms with van der Waals surface area (Å²) in [4.78, 5) is 30.1. The molecule has 0 atom stereocenters. The van der Waals surface area contributed by atoms with Crippen LogP contribution < -0.4 is 10.3 Å². The van der Waals surface area contributed by atoms with E-state index >= 15 is 0 Å². The van der Waals surface area contributed by atoms with Crippen molar-refractivity contribution in [3.63, 3.8) is 0 Å². The Morgan fingerprint density at radius 1 is 1.12 bits per heavy atom. The summed E-state index contributed by atoms with van der Waals surface area (Å²) in [7, 11) is 0. The Morgan fingerprint density at radius 3 is 2.68 bits per heavy atom. The van der Waals surface area contributed by atoms with Crippen molar-refractivity contribution in [3.8, 4) is 0 Å². The van der Waals surface area contributed by atoms with Crippen LogP contribution in [0.1, 0.15) is 18.4 Å². The van der Waals surface area contributed by atoms with E-state index < -0.39 is 0 Å². The van der Waals surface area contributed by atoms with Gasteiger partial charge in [0.1, 0.15) is 6.33 Å². The lowest BCUT2D eigenvalue weighted by Gasteiger charge is -2.16. The Bertz CT molecular complexity index is 930. The van der Waals surface area contributed by atoms with E-state index in [2.05, 4.69) is 10.4 Å². The third-order valence-corrected chi connectivity index (χ3v) is 4.38. The molecule has 0 spiro atoms. The number of benzene rings is 2. The van der Waals surface area contributed by atoms with E-state index in [1.54, 1.807) is 15.9 Å². The van der Waals surface area contributed by atoms with Gasteiger partial charge in [-0.1, -0.05) is 24.3 Å². The predicted molar refractivity (Wildman–Crippen MR) is 95.8 cm³/mol. The van der Waals surface area contributed by atoms with Crippen LogP contribution in [0.5, 0.6) is 0 Å². The highest BCUT2D eigenvalue weighted by molar-refractivity contribution is 5.95. The van der Waals surface area contributed by atoms with Gasteiger partial charge in [0, 0.05) is 18.7 Å². The molecule has 1 saturated heterocycles. The minimum atomic E-state index is -0.117. The van der Waals surface area contributed by atoms with Crippen molar-refractivity contribution < 1.29 is 9.59 Å². The molecule has 0 saturated carbocycles. The standard InChI is InChI=1S/C19H18N4O2/c24-18(21-23-13-20-16-4-1-2-5-17(16)23)12-14-7-9-15(10-8-14)22-11-3-6-19(22)25/h1-2,4-5,7-10,13H,3,6,11-12H2,(H,21,24). The van der Waals surface area contributed by atoms with Crippen LogP contribution in [0.3, 0.4) is 0 Å². The monoisotopic (exact) mass is 334 g/mol. The zero-order valence-electron chi connectivity index (χ0n) is 13.7. The van der Waals surface area contributed by atoms with Crippen molar-refractivity contribution in [1.29, 1.82) is 0 Å². The first-order valence-corrected chi connectivity index (χ1v) is 8.32. The van der Waals surface area contributed by atoms with Crippen LogP contribution in [0.15, 0.2) is 54.9 Å². The number of aromatic nitrogens is 2. The molecule has 1 aliphatic heterocycles. The fraction of sp³-hybridized carbons (Fsp3) is 0.211. The van der Waals surface area contributed by atoms with Crippen molar-refractivity contribution in [2.75, 3.05) is 16.9 Å². The summed E-state index contributed by atoms with van der Waals surface area (Å²) in [6, 6.07) is 15.2. The highest BCUT2D eigenvalue weighted by Crippen LogP contribution is 2.21.